The summed E-state index contributed by atoms with van der Waals surface area (Å²) in [6.45, 7) is 2.13. The van der Waals surface area contributed by atoms with Gasteiger partial charge in [0.1, 0.15) is 12.7 Å². The lowest BCUT2D eigenvalue weighted by molar-refractivity contribution is -0.154. The molecule has 1 aliphatic heterocycles. The smallest absolute Gasteiger partial charge is 0.308 e. The maximum Gasteiger partial charge on any atom is 0.308 e. The molecule has 6 nitrogen and oxygen atoms in total. The van der Waals surface area contributed by atoms with Gasteiger partial charge in [-0.3, -0.25) is 14.4 Å². The SMILES string of the molecule is CC(OC=O)C1C(=O)NC1CC(=O)OCc1ccccc1. The van der Waals surface area contributed by atoms with E-state index in [9.17, 15) is 14.4 Å². The molecule has 2 rings (SSSR count). The monoisotopic (exact) mass is 291 g/mol. The Kier molecular flexibility index (Phi) is 4.92. The maximum atomic E-state index is 11.8. The summed E-state index contributed by atoms with van der Waals surface area (Å²) in [4.78, 5) is 33.5. The molecule has 0 bridgehead atoms. The summed E-state index contributed by atoms with van der Waals surface area (Å²) in [6, 6.07) is 8.99. The number of carbonyl (C=O) groups is 3. The number of hydrogen-bond donors (Lipinski definition) is 1. The molecule has 1 saturated heterocycles. The molecule has 1 fully saturated rings. The van der Waals surface area contributed by atoms with Gasteiger partial charge in [-0.2, -0.15) is 0 Å². The second-order valence-corrected chi connectivity index (χ2v) is 4.93. The van der Waals surface area contributed by atoms with Crippen molar-refractivity contribution in [2.45, 2.75) is 32.1 Å². The van der Waals surface area contributed by atoms with Crippen LogP contribution in [0.15, 0.2) is 30.3 Å². The second-order valence-electron chi connectivity index (χ2n) is 4.93. The first-order valence-corrected chi connectivity index (χ1v) is 6.71. The normalized spacial score (nSPS) is 21.7. The third-order valence-corrected chi connectivity index (χ3v) is 3.47. The molecule has 3 atom stereocenters. The van der Waals surface area contributed by atoms with Gasteiger partial charge in [0.2, 0.25) is 5.91 Å². The van der Waals surface area contributed by atoms with E-state index in [1.165, 1.54) is 0 Å². The maximum absolute atomic E-state index is 11.8. The fourth-order valence-electron chi connectivity index (χ4n) is 2.32. The third kappa shape index (κ3) is 3.81. The van der Waals surface area contributed by atoms with Crippen molar-refractivity contribution in [2.75, 3.05) is 0 Å². The van der Waals surface area contributed by atoms with Gasteiger partial charge in [0.15, 0.2) is 0 Å². The van der Waals surface area contributed by atoms with Gasteiger partial charge in [0.05, 0.1) is 18.4 Å². The fraction of sp³-hybridized carbons (Fsp3) is 0.400. The lowest BCUT2D eigenvalue weighted by atomic mass is 9.84. The molecule has 0 aliphatic carbocycles. The second kappa shape index (κ2) is 6.88. The first kappa shape index (κ1) is 15.0. The van der Waals surface area contributed by atoms with Crippen molar-refractivity contribution < 1.29 is 23.9 Å². The number of hydrogen-bond acceptors (Lipinski definition) is 5. The Hall–Kier alpha value is -2.37. The Morgan fingerprint density at radius 1 is 1.38 bits per heavy atom. The predicted octanol–water partition coefficient (Wildman–Crippen LogP) is 0.796. The van der Waals surface area contributed by atoms with E-state index >= 15 is 0 Å². The zero-order valence-electron chi connectivity index (χ0n) is 11.7. The number of ether oxygens (including phenoxy) is 2. The van der Waals surface area contributed by atoms with Crippen LogP contribution in [0.25, 0.3) is 0 Å². The molecular weight excluding hydrogens is 274 g/mol. The summed E-state index contributed by atoms with van der Waals surface area (Å²) in [6.07, 6.45) is -0.487. The van der Waals surface area contributed by atoms with Crippen molar-refractivity contribution >= 4 is 18.3 Å². The number of β-lactam (4-membered cyclic amide) rings is 1. The molecule has 3 unspecified atom stereocenters. The highest BCUT2D eigenvalue weighted by atomic mass is 16.5. The zero-order chi connectivity index (χ0) is 15.2. The molecule has 6 heteroatoms. The van der Waals surface area contributed by atoms with Gasteiger partial charge < -0.3 is 14.8 Å². The van der Waals surface area contributed by atoms with Crippen molar-refractivity contribution in [1.82, 2.24) is 5.32 Å². The number of carbonyl (C=O) groups excluding carboxylic acids is 3. The van der Waals surface area contributed by atoms with E-state index < -0.39 is 18.0 Å². The molecule has 1 amide bonds. The minimum Gasteiger partial charge on any atom is -0.464 e. The van der Waals surface area contributed by atoms with Crippen molar-refractivity contribution in [2.24, 2.45) is 5.92 Å². The Morgan fingerprint density at radius 2 is 2.10 bits per heavy atom. The lowest BCUT2D eigenvalue weighted by Crippen LogP contribution is -2.62. The number of nitrogens with one attached hydrogen (secondary N) is 1. The van der Waals surface area contributed by atoms with E-state index in [2.05, 4.69) is 5.32 Å². The Morgan fingerprint density at radius 3 is 2.71 bits per heavy atom. The number of amides is 1. The minimum atomic E-state index is -0.553. The van der Waals surface area contributed by atoms with Crippen LogP contribution in [0.4, 0.5) is 0 Å². The predicted molar refractivity (Wildman–Crippen MR) is 72.9 cm³/mol. The van der Waals surface area contributed by atoms with E-state index in [1.807, 2.05) is 30.3 Å². The van der Waals surface area contributed by atoms with Crippen molar-refractivity contribution in [3.8, 4) is 0 Å². The molecule has 1 heterocycles. The Balaban J connectivity index is 1.80. The minimum absolute atomic E-state index is 0.0653. The van der Waals surface area contributed by atoms with Gasteiger partial charge >= 0.3 is 5.97 Å². The zero-order valence-corrected chi connectivity index (χ0v) is 11.7. The quantitative estimate of drug-likeness (QED) is 0.456. The summed E-state index contributed by atoms with van der Waals surface area (Å²) >= 11 is 0. The standard InChI is InChI=1S/C15H17NO5/c1-10(21-9-17)14-12(16-15(14)19)7-13(18)20-8-11-5-3-2-4-6-11/h2-6,9-10,12,14H,7-8H2,1H3,(H,16,19). The topological polar surface area (TPSA) is 81.7 Å². The fourth-order valence-corrected chi connectivity index (χ4v) is 2.32. The average molecular weight is 291 g/mol. The van der Waals surface area contributed by atoms with Gasteiger partial charge in [0, 0.05) is 0 Å². The van der Waals surface area contributed by atoms with Crippen LogP contribution in [0.2, 0.25) is 0 Å². The summed E-state index contributed by atoms with van der Waals surface area (Å²) < 4.78 is 9.92. The van der Waals surface area contributed by atoms with Crippen molar-refractivity contribution in [1.29, 1.82) is 0 Å². The van der Waals surface area contributed by atoms with Crippen LogP contribution < -0.4 is 5.32 Å². The van der Waals surface area contributed by atoms with Gasteiger partial charge in [-0.1, -0.05) is 30.3 Å². The highest BCUT2D eigenvalue weighted by Gasteiger charge is 2.45. The van der Waals surface area contributed by atoms with Crippen LogP contribution in [-0.2, 0) is 30.5 Å². The summed E-state index contributed by atoms with van der Waals surface area (Å²) in [5.41, 5.74) is 0.901. The molecule has 21 heavy (non-hydrogen) atoms. The van der Waals surface area contributed by atoms with Crippen molar-refractivity contribution in [3.05, 3.63) is 35.9 Å². The van der Waals surface area contributed by atoms with E-state index in [4.69, 9.17) is 9.47 Å². The molecular formula is C15H17NO5. The first-order valence-electron chi connectivity index (χ1n) is 6.71. The van der Waals surface area contributed by atoms with Crippen LogP contribution in [0.1, 0.15) is 18.9 Å². The number of esters is 1. The van der Waals surface area contributed by atoms with Gasteiger partial charge in [-0.15, -0.1) is 0 Å². The van der Waals surface area contributed by atoms with Gasteiger partial charge in [-0.05, 0) is 12.5 Å². The lowest BCUT2D eigenvalue weighted by Gasteiger charge is -2.38. The van der Waals surface area contributed by atoms with Gasteiger partial charge in [0.25, 0.3) is 6.47 Å². The van der Waals surface area contributed by atoms with Crippen molar-refractivity contribution in [3.63, 3.8) is 0 Å². The van der Waals surface area contributed by atoms with E-state index in [0.29, 0.717) is 6.47 Å². The van der Waals surface area contributed by atoms with Crippen LogP contribution in [0.5, 0.6) is 0 Å². The highest BCUT2D eigenvalue weighted by Crippen LogP contribution is 2.24. The Bertz CT molecular complexity index is 516. The highest BCUT2D eigenvalue weighted by molar-refractivity contribution is 5.88. The van der Waals surface area contributed by atoms with E-state index in [0.717, 1.165) is 5.56 Å². The molecule has 1 aromatic carbocycles. The molecule has 0 radical (unpaired) electrons. The van der Waals surface area contributed by atoms with Crippen LogP contribution in [0, 0.1) is 5.92 Å². The third-order valence-electron chi connectivity index (χ3n) is 3.47. The van der Waals surface area contributed by atoms with E-state index in [-0.39, 0.29) is 25.0 Å². The van der Waals surface area contributed by atoms with Crippen LogP contribution >= 0.6 is 0 Å². The molecule has 1 aromatic rings. The number of rotatable bonds is 7. The average Bonchev–Trinajstić information content (AvgIpc) is 2.45. The summed E-state index contributed by atoms with van der Waals surface area (Å²) in [7, 11) is 0. The van der Waals surface area contributed by atoms with Gasteiger partial charge in [-0.25, -0.2) is 0 Å². The summed E-state index contributed by atoms with van der Waals surface area (Å²) in [5, 5.41) is 2.63. The number of benzene rings is 1. The molecule has 1 N–H and O–H groups in total. The molecule has 0 spiro atoms. The van der Waals surface area contributed by atoms with E-state index in [1.54, 1.807) is 6.92 Å². The Labute approximate surface area is 122 Å². The molecule has 1 aliphatic rings. The summed E-state index contributed by atoms with van der Waals surface area (Å²) in [5.74, 6) is -1.11. The largest absolute Gasteiger partial charge is 0.464 e. The molecule has 0 aromatic heterocycles. The molecule has 0 saturated carbocycles. The molecule has 112 valence electrons. The first-order chi connectivity index (χ1) is 10.1. The van der Waals surface area contributed by atoms with Crippen LogP contribution in [-0.4, -0.2) is 30.5 Å². The van der Waals surface area contributed by atoms with Crippen LogP contribution in [0.3, 0.4) is 0 Å².